The molecule has 12 heteroatoms. The van der Waals surface area contributed by atoms with Gasteiger partial charge in [-0.25, -0.2) is 4.98 Å². The van der Waals surface area contributed by atoms with Crippen molar-refractivity contribution in [1.29, 1.82) is 0 Å². The van der Waals surface area contributed by atoms with Gasteiger partial charge in [-0.2, -0.15) is 18.2 Å². The van der Waals surface area contributed by atoms with Crippen LogP contribution in [-0.2, 0) is 22.2 Å². The van der Waals surface area contributed by atoms with E-state index >= 15 is 0 Å². The van der Waals surface area contributed by atoms with Gasteiger partial charge in [0.15, 0.2) is 0 Å². The number of nitrogens with one attached hydrogen (secondary N) is 3. The van der Waals surface area contributed by atoms with E-state index in [4.69, 9.17) is 4.65 Å². The molecule has 0 aliphatic carbocycles. The van der Waals surface area contributed by atoms with Crippen LogP contribution < -0.4 is 21.4 Å². The first-order valence-corrected chi connectivity index (χ1v) is 9.67. The molecule has 1 aliphatic rings. The predicted molar refractivity (Wildman–Crippen MR) is 118 cm³/mol. The van der Waals surface area contributed by atoms with E-state index in [1.165, 1.54) is 12.1 Å². The molecule has 0 atom stereocenters. The van der Waals surface area contributed by atoms with Crippen molar-refractivity contribution in [3.8, 4) is 0 Å². The van der Waals surface area contributed by atoms with Crippen LogP contribution in [0.4, 0.5) is 42.0 Å². The number of alkyl halides is 3. The Morgan fingerprint density at radius 2 is 1.91 bits per heavy atom. The smallest absolute Gasteiger partial charge is 0.423 e. The number of carbonyl (C=O) groups excluding carboxylic acids is 1. The van der Waals surface area contributed by atoms with Crippen LogP contribution >= 0.6 is 0 Å². The average molecular weight is 455 g/mol. The van der Waals surface area contributed by atoms with Gasteiger partial charge in [-0.3, -0.25) is 4.79 Å². The molecular weight excluding hydrogens is 438 g/mol. The van der Waals surface area contributed by atoms with Crippen molar-refractivity contribution in [2.24, 2.45) is 0 Å². The molecule has 0 spiro atoms. The molecule has 0 unspecified atom stereocenters. The van der Waals surface area contributed by atoms with Gasteiger partial charge in [0.1, 0.15) is 11.4 Å². The zero-order chi connectivity index (χ0) is 23.6. The minimum absolute atomic E-state index is 0.0880. The summed E-state index contributed by atoms with van der Waals surface area (Å²) in [4.78, 5) is 19.3. The summed E-state index contributed by atoms with van der Waals surface area (Å²) in [5.41, 5.74) is 1.41. The first-order valence-electron chi connectivity index (χ1n) is 9.67. The third-order valence-electron chi connectivity index (χ3n) is 4.74. The molecule has 2 heterocycles. The van der Waals surface area contributed by atoms with E-state index in [2.05, 4.69) is 32.5 Å². The van der Waals surface area contributed by atoms with Crippen LogP contribution in [0.2, 0.25) is 0 Å². The number of fused-ring (bicyclic) bond motifs is 1. The fraction of sp³-hybridized carbons (Fsp3) is 0.0952. The Hall–Kier alpha value is -3.90. The van der Waals surface area contributed by atoms with Crippen molar-refractivity contribution >= 4 is 47.3 Å². The largest absolute Gasteiger partial charge is 0.491 e. The number of hydrogen-bond acceptors (Lipinski definition) is 7. The number of hydrogen-bond donors (Lipinski definition) is 4. The van der Waals surface area contributed by atoms with Crippen molar-refractivity contribution < 1.29 is 27.6 Å². The third-order valence-corrected chi connectivity index (χ3v) is 4.74. The number of nitrogens with zero attached hydrogens (tertiary/aromatic N) is 2. The van der Waals surface area contributed by atoms with E-state index in [1.807, 2.05) is 0 Å². The zero-order valence-corrected chi connectivity index (χ0v) is 17.0. The molecule has 0 saturated carbocycles. The highest BCUT2D eigenvalue weighted by Gasteiger charge is 2.35. The molecule has 0 fully saturated rings. The second kappa shape index (κ2) is 8.92. The number of rotatable bonds is 6. The first kappa shape index (κ1) is 22.3. The lowest BCUT2D eigenvalue weighted by Crippen LogP contribution is -2.28. The Labute approximate surface area is 186 Å². The van der Waals surface area contributed by atoms with Gasteiger partial charge in [0, 0.05) is 23.3 Å². The van der Waals surface area contributed by atoms with Gasteiger partial charge < -0.3 is 25.6 Å². The van der Waals surface area contributed by atoms with Gasteiger partial charge in [-0.1, -0.05) is 18.7 Å². The predicted octanol–water partition coefficient (Wildman–Crippen LogP) is 3.32. The van der Waals surface area contributed by atoms with E-state index in [-0.39, 0.29) is 18.2 Å². The minimum Gasteiger partial charge on any atom is -0.423 e. The highest BCUT2D eigenvalue weighted by Crippen LogP contribution is 2.35. The van der Waals surface area contributed by atoms with Crippen LogP contribution in [0.25, 0.3) is 0 Å². The maximum atomic E-state index is 13.5. The highest BCUT2D eigenvalue weighted by molar-refractivity contribution is 6.61. The summed E-state index contributed by atoms with van der Waals surface area (Å²) in [5, 5.41) is 17.9. The molecule has 0 bridgehead atoms. The molecule has 4 N–H and O–H groups in total. The fourth-order valence-corrected chi connectivity index (χ4v) is 3.17. The SMILES string of the molecule is C=CC(=O)Nc1cccc(Nc2nc(Nc3ccc4c(c3)B(O)OC4)ncc2C(F)(F)F)c1. The quantitative estimate of drug-likeness (QED) is 0.334. The molecule has 0 radical (unpaired) electrons. The Morgan fingerprint density at radius 1 is 1.15 bits per heavy atom. The second-order valence-corrected chi connectivity index (χ2v) is 7.05. The monoisotopic (exact) mass is 455 g/mol. The summed E-state index contributed by atoms with van der Waals surface area (Å²) < 4.78 is 45.8. The molecular formula is C21H17BF3N5O3. The van der Waals surface area contributed by atoms with Crippen LogP contribution in [0.15, 0.2) is 61.3 Å². The van der Waals surface area contributed by atoms with E-state index in [9.17, 15) is 23.0 Å². The molecule has 1 aromatic heterocycles. The van der Waals surface area contributed by atoms with Crippen LogP contribution in [0.1, 0.15) is 11.1 Å². The molecule has 1 aliphatic heterocycles. The van der Waals surface area contributed by atoms with E-state index < -0.39 is 30.6 Å². The van der Waals surface area contributed by atoms with Crippen molar-refractivity contribution in [3.05, 3.63) is 72.4 Å². The first-order chi connectivity index (χ1) is 15.7. The fourth-order valence-electron chi connectivity index (χ4n) is 3.17. The van der Waals surface area contributed by atoms with Gasteiger partial charge in [-0.05, 0) is 47.4 Å². The Bertz CT molecular complexity index is 1220. The lowest BCUT2D eigenvalue weighted by molar-refractivity contribution is -0.137. The van der Waals surface area contributed by atoms with Crippen LogP contribution in [0, 0.1) is 0 Å². The number of amides is 1. The summed E-state index contributed by atoms with van der Waals surface area (Å²) in [6.45, 7) is 3.63. The number of aromatic nitrogens is 2. The number of benzene rings is 2. The standard InChI is InChI=1S/C21H17BF3N5O3/c1-2-18(31)27-13-4-3-5-14(8-13)28-19-16(21(23,24)25)10-26-20(30-19)29-15-7-6-12-11-33-22(32)17(12)9-15/h2-10,32H,1,11H2,(H,27,31)(H2,26,28,29,30). The molecule has 168 valence electrons. The van der Waals surface area contributed by atoms with Gasteiger partial charge >= 0.3 is 13.3 Å². The van der Waals surface area contributed by atoms with Gasteiger partial charge in [0.25, 0.3) is 0 Å². The highest BCUT2D eigenvalue weighted by atomic mass is 19.4. The summed E-state index contributed by atoms with van der Waals surface area (Å²) >= 11 is 0. The van der Waals surface area contributed by atoms with E-state index in [0.29, 0.717) is 23.0 Å². The molecule has 33 heavy (non-hydrogen) atoms. The van der Waals surface area contributed by atoms with Gasteiger partial charge in [-0.15, -0.1) is 0 Å². The number of halogens is 3. The minimum atomic E-state index is -4.70. The van der Waals surface area contributed by atoms with Crippen LogP contribution in [-0.4, -0.2) is 28.0 Å². The lowest BCUT2D eigenvalue weighted by Gasteiger charge is -2.15. The molecule has 3 aromatic rings. The van der Waals surface area contributed by atoms with Crippen molar-refractivity contribution in [3.63, 3.8) is 0 Å². The summed E-state index contributed by atoms with van der Waals surface area (Å²) in [5.74, 6) is -1.02. The summed E-state index contributed by atoms with van der Waals surface area (Å²) in [7, 11) is -1.07. The third kappa shape index (κ3) is 5.13. The van der Waals surface area contributed by atoms with Gasteiger partial charge in [0.05, 0.1) is 6.61 Å². The maximum Gasteiger partial charge on any atom is 0.491 e. The van der Waals surface area contributed by atoms with Gasteiger partial charge in [0.2, 0.25) is 11.9 Å². The maximum absolute atomic E-state index is 13.5. The summed E-state index contributed by atoms with van der Waals surface area (Å²) in [6.07, 6.45) is -2.95. The number of carbonyl (C=O) groups is 1. The molecule has 2 aromatic carbocycles. The van der Waals surface area contributed by atoms with Crippen molar-refractivity contribution in [2.75, 3.05) is 16.0 Å². The van der Waals surface area contributed by atoms with Crippen LogP contribution in [0.3, 0.4) is 0 Å². The second-order valence-electron chi connectivity index (χ2n) is 7.05. The molecule has 4 rings (SSSR count). The normalized spacial score (nSPS) is 12.8. The van der Waals surface area contributed by atoms with E-state index in [0.717, 1.165) is 11.6 Å². The Balaban J connectivity index is 1.62. The van der Waals surface area contributed by atoms with Crippen molar-refractivity contribution in [2.45, 2.75) is 12.8 Å². The Kier molecular flexibility index (Phi) is 6.03. The molecule has 8 nitrogen and oxygen atoms in total. The van der Waals surface area contributed by atoms with Crippen LogP contribution in [0.5, 0.6) is 0 Å². The van der Waals surface area contributed by atoms with Crippen molar-refractivity contribution in [1.82, 2.24) is 9.97 Å². The molecule has 1 amide bonds. The zero-order valence-electron chi connectivity index (χ0n) is 17.0. The Morgan fingerprint density at radius 3 is 2.67 bits per heavy atom. The molecule has 0 saturated heterocycles. The topological polar surface area (TPSA) is 108 Å². The average Bonchev–Trinajstić information content (AvgIpc) is 3.13. The number of anilines is 5. The van der Waals surface area contributed by atoms with E-state index in [1.54, 1.807) is 30.3 Å². The lowest BCUT2D eigenvalue weighted by atomic mass is 9.79. The summed E-state index contributed by atoms with van der Waals surface area (Å²) in [6, 6.07) is 11.2.